The molecule has 0 aromatic heterocycles. The van der Waals surface area contributed by atoms with Crippen LogP contribution in [0.2, 0.25) is 0 Å². The van der Waals surface area contributed by atoms with Gasteiger partial charge in [0.1, 0.15) is 12.6 Å². The molecule has 0 aliphatic carbocycles. The second-order valence-corrected chi connectivity index (χ2v) is 10.4. The summed E-state index contributed by atoms with van der Waals surface area (Å²) in [5.41, 5.74) is 3.42. The molecule has 0 spiro atoms. The molecule has 2 rings (SSSR count). The van der Waals surface area contributed by atoms with Gasteiger partial charge in [0.25, 0.3) is 0 Å². The summed E-state index contributed by atoms with van der Waals surface area (Å²) in [5.74, 6) is -0.659. The molecule has 1 N–H and O–H groups in total. The molecule has 0 saturated heterocycles. The Morgan fingerprint density at radius 2 is 1.68 bits per heavy atom. The summed E-state index contributed by atoms with van der Waals surface area (Å²) in [5, 5.41) is 2.88. The van der Waals surface area contributed by atoms with Gasteiger partial charge in [-0.2, -0.15) is 0 Å². The van der Waals surface area contributed by atoms with Gasteiger partial charge in [-0.05, 0) is 49.4 Å². The molecule has 0 radical (unpaired) electrons. The number of nitrogens with one attached hydrogen (secondary N) is 1. The summed E-state index contributed by atoms with van der Waals surface area (Å²) in [6.45, 7) is 8.14. The second-order valence-electron chi connectivity index (χ2n) is 8.52. The summed E-state index contributed by atoms with van der Waals surface area (Å²) < 4.78 is 26.4. The average molecular weight is 488 g/mol. The Kier molecular flexibility index (Phi) is 10.1. The maximum Gasteiger partial charge on any atom is 0.244 e. The number of carbonyl (C=O) groups is 2. The molecule has 7 nitrogen and oxygen atoms in total. The van der Waals surface area contributed by atoms with E-state index in [0.717, 1.165) is 40.1 Å². The van der Waals surface area contributed by atoms with Gasteiger partial charge in [0.05, 0.1) is 11.9 Å². The molecule has 8 heteroatoms. The van der Waals surface area contributed by atoms with Crippen LogP contribution in [-0.4, -0.2) is 50.5 Å². The largest absolute Gasteiger partial charge is 0.354 e. The third kappa shape index (κ3) is 7.58. The van der Waals surface area contributed by atoms with Crippen molar-refractivity contribution in [3.05, 3.63) is 65.2 Å². The molecule has 0 bridgehead atoms. The Balaban J connectivity index is 2.41. The fraction of sp³-hybridized carbons (Fsp3) is 0.462. The summed E-state index contributed by atoms with van der Waals surface area (Å²) in [6, 6.07) is 14.2. The molecule has 0 fully saturated rings. The fourth-order valence-electron chi connectivity index (χ4n) is 3.80. The van der Waals surface area contributed by atoms with Crippen molar-refractivity contribution in [2.75, 3.05) is 23.7 Å². The highest BCUT2D eigenvalue weighted by Gasteiger charge is 2.31. The van der Waals surface area contributed by atoms with Crippen molar-refractivity contribution in [1.82, 2.24) is 10.2 Å². The van der Waals surface area contributed by atoms with E-state index in [-0.39, 0.29) is 19.0 Å². The number of nitrogens with zero attached hydrogens (tertiary/aromatic N) is 2. The number of hydrogen-bond donors (Lipinski definition) is 1. The Labute approximate surface area is 204 Å². The monoisotopic (exact) mass is 487 g/mol. The Bertz CT molecular complexity index is 1070. The van der Waals surface area contributed by atoms with Crippen LogP contribution < -0.4 is 9.62 Å². The number of rotatable bonds is 12. The summed E-state index contributed by atoms with van der Waals surface area (Å²) in [4.78, 5) is 28.0. The van der Waals surface area contributed by atoms with Gasteiger partial charge in [-0.1, -0.05) is 62.7 Å². The molecule has 0 unspecified atom stereocenters. The van der Waals surface area contributed by atoms with Gasteiger partial charge in [-0.25, -0.2) is 8.42 Å². The number of hydrogen-bond acceptors (Lipinski definition) is 4. The van der Waals surface area contributed by atoms with E-state index in [1.807, 2.05) is 64.1 Å². The quantitative estimate of drug-likeness (QED) is 0.495. The van der Waals surface area contributed by atoms with Crippen molar-refractivity contribution in [3.63, 3.8) is 0 Å². The van der Waals surface area contributed by atoms with Crippen LogP contribution in [0.25, 0.3) is 0 Å². The van der Waals surface area contributed by atoms with Crippen molar-refractivity contribution < 1.29 is 18.0 Å². The van der Waals surface area contributed by atoms with E-state index in [9.17, 15) is 18.0 Å². The maximum atomic E-state index is 13.6. The smallest absolute Gasteiger partial charge is 0.244 e. The minimum Gasteiger partial charge on any atom is -0.354 e. The highest BCUT2D eigenvalue weighted by Crippen LogP contribution is 2.21. The van der Waals surface area contributed by atoms with E-state index in [4.69, 9.17) is 0 Å². The van der Waals surface area contributed by atoms with E-state index in [1.165, 1.54) is 4.90 Å². The molecular formula is C26H37N3O4S. The maximum absolute atomic E-state index is 13.6. The molecule has 2 amide bonds. The third-order valence-corrected chi connectivity index (χ3v) is 6.82. The van der Waals surface area contributed by atoms with Crippen molar-refractivity contribution in [2.24, 2.45) is 0 Å². The predicted octanol–water partition coefficient (Wildman–Crippen LogP) is 3.66. The molecular weight excluding hydrogens is 450 g/mol. The highest BCUT2D eigenvalue weighted by atomic mass is 32.2. The topological polar surface area (TPSA) is 86.8 Å². The standard InChI is InChI=1S/C26H37N3O4S/c1-6-16-27-26(31)24(8-3)28(18-22-11-9-10-20(4)17-22)25(30)19-29(34(5,32)33)23-14-12-21(7-2)13-15-23/h9-15,17,24H,6-8,16,18-19H2,1-5H3,(H,27,31)/t24-/m1/s1. The zero-order chi connectivity index (χ0) is 25.3. The first-order chi connectivity index (χ1) is 16.1. The first-order valence-electron chi connectivity index (χ1n) is 11.8. The fourth-order valence-corrected chi connectivity index (χ4v) is 4.65. The minimum atomic E-state index is -3.73. The van der Waals surface area contributed by atoms with Crippen LogP contribution in [0.15, 0.2) is 48.5 Å². The lowest BCUT2D eigenvalue weighted by molar-refractivity contribution is -0.140. The minimum absolute atomic E-state index is 0.213. The van der Waals surface area contributed by atoms with Gasteiger partial charge in [0.2, 0.25) is 21.8 Å². The normalized spacial score (nSPS) is 12.1. The second kappa shape index (κ2) is 12.6. The zero-order valence-corrected chi connectivity index (χ0v) is 21.7. The van der Waals surface area contributed by atoms with Crippen molar-refractivity contribution in [1.29, 1.82) is 0 Å². The summed E-state index contributed by atoms with van der Waals surface area (Å²) in [7, 11) is -3.73. The van der Waals surface area contributed by atoms with E-state index < -0.39 is 22.0 Å². The number of amides is 2. The molecule has 0 aliphatic rings. The van der Waals surface area contributed by atoms with Crippen LogP contribution in [0.3, 0.4) is 0 Å². The van der Waals surface area contributed by atoms with Gasteiger partial charge in [0.15, 0.2) is 0 Å². The van der Waals surface area contributed by atoms with Crippen LogP contribution in [0.5, 0.6) is 0 Å². The van der Waals surface area contributed by atoms with E-state index in [2.05, 4.69) is 5.32 Å². The SMILES string of the molecule is CCCNC(=O)[C@@H](CC)N(Cc1cccc(C)c1)C(=O)CN(c1ccc(CC)cc1)S(C)(=O)=O. The number of sulfonamides is 1. The Morgan fingerprint density at radius 3 is 2.21 bits per heavy atom. The van der Waals surface area contributed by atoms with Crippen LogP contribution in [0.1, 0.15) is 50.3 Å². The molecule has 186 valence electrons. The van der Waals surface area contributed by atoms with E-state index >= 15 is 0 Å². The lowest BCUT2D eigenvalue weighted by Gasteiger charge is -2.33. The van der Waals surface area contributed by atoms with Crippen LogP contribution in [-0.2, 0) is 32.6 Å². The summed E-state index contributed by atoms with van der Waals surface area (Å²) in [6.07, 6.45) is 3.11. The van der Waals surface area contributed by atoms with Gasteiger partial charge in [-0.15, -0.1) is 0 Å². The lowest BCUT2D eigenvalue weighted by Crippen LogP contribution is -2.52. The van der Waals surface area contributed by atoms with Gasteiger partial charge < -0.3 is 10.2 Å². The van der Waals surface area contributed by atoms with Crippen molar-refractivity contribution in [2.45, 2.75) is 59.5 Å². The van der Waals surface area contributed by atoms with Gasteiger partial charge >= 0.3 is 0 Å². The van der Waals surface area contributed by atoms with Crippen LogP contribution >= 0.6 is 0 Å². The molecule has 0 heterocycles. The number of carbonyl (C=O) groups excluding carboxylic acids is 2. The highest BCUT2D eigenvalue weighted by molar-refractivity contribution is 7.92. The lowest BCUT2D eigenvalue weighted by atomic mass is 10.1. The number of aryl methyl sites for hydroxylation is 2. The van der Waals surface area contributed by atoms with Crippen molar-refractivity contribution >= 4 is 27.5 Å². The summed E-state index contributed by atoms with van der Waals surface area (Å²) >= 11 is 0. The first kappa shape index (κ1) is 27.4. The number of anilines is 1. The van der Waals surface area contributed by atoms with E-state index in [1.54, 1.807) is 12.1 Å². The first-order valence-corrected chi connectivity index (χ1v) is 13.6. The van der Waals surface area contributed by atoms with Crippen molar-refractivity contribution in [3.8, 4) is 0 Å². The Hall–Kier alpha value is -2.87. The molecule has 0 aliphatic heterocycles. The average Bonchev–Trinajstić information content (AvgIpc) is 2.80. The zero-order valence-electron chi connectivity index (χ0n) is 20.9. The van der Waals surface area contributed by atoms with Crippen LogP contribution in [0.4, 0.5) is 5.69 Å². The van der Waals surface area contributed by atoms with E-state index in [0.29, 0.717) is 18.7 Å². The third-order valence-electron chi connectivity index (χ3n) is 5.68. The molecule has 0 saturated carbocycles. The van der Waals surface area contributed by atoms with Gasteiger partial charge in [0, 0.05) is 13.1 Å². The molecule has 2 aromatic carbocycles. The molecule has 2 aromatic rings. The Morgan fingerprint density at radius 1 is 1.00 bits per heavy atom. The molecule has 34 heavy (non-hydrogen) atoms. The van der Waals surface area contributed by atoms with Crippen LogP contribution in [0, 0.1) is 6.92 Å². The molecule has 1 atom stereocenters. The van der Waals surface area contributed by atoms with Gasteiger partial charge in [-0.3, -0.25) is 13.9 Å². The number of benzene rings is 2. The predicted molar refractivity (Wildman–Crippen MR) is 137 cm³/mol.